The number of hydrogen-bond acceptors (Lipinski definition) is 6. The van der Waals surface area contributed by atoms with Gasteiger partial charge in [-0.25, -0.2) is 0 Å². The summed E-state index contributed by atoms with van der Waals surface area (Å²) in [6.07, 6.45) is 3.41. The van der Waals surface area contributed by atoms with Gasteiger partial charge in [0.15, 0.2) is 0 Å². The van der Waals surface area contributed by atoms with E-state index in [-0.39, 0.29) is 17.5 Å². The van der Waals surface area contributed by atoms with E-state index in [0.29, 0.717) is 23.7 Å². The highest BCUT2D eigenvalue weighted by Gasteiger charge is 2.29. The molecule has 1 heterocycles. The number of carbonyl (C=O) groups excluding carboxylic acids is 1. The topological polar surface area (TPSA) is 111 Å². The zero-order valence-electron chi connectivity index (χ0n) is 15.7. The van der Waals surface area contributed by atoms with Crippen molar-refractivity contribution < 1.29 is 14.2 Å². The number of amides is 1. The van der Waals surface area contributed by atoms with Gasteiger partial charge in [0.05, 0.1) is 4.92 Å². The van der Waals surface area contributed by atoms with Crippen molar-refractivity contribution in [3.8, 4) is 11.4 Å². The number of nitrogens with zero attached hydrogens (tertiary/aromatic N) is 3. The smallest absolute Gasteiger partial charge is 0.269 e. The fraction of sp³-hybridized carbons (Fsp3) is 0.286. The van der Waals surface area contributed by atoms with Crippen molar-refractivity contribution in [2.24, 2.45) is 5.92 Å². The van der Waals surface area contributed by atoms with Crippen molar-refractivity contribution >= 4 is 11.6 Å². The number of nitrogens with one attached hydrogen (secondary N) is 1. The van der Waals surface area contributed by atoms with Crippen LogP contribution in [0.3, 0.4) is 0 Å². The summed E-state index contributed by atoms with van der Waals surface area (Å²) < 4.78 is 5.45. The van der Waals surface area contributed by atoms with Crippen LogP contribution in [0, 0.1) is 16.0 Å². The van der Waals surface area contributed by atoms with Gasteiger partial charge in [0.2, 0.25) is 17.6 Å². The molecule has 4 rings (SSSR count). The second-order valence-corrected chi connectivity index (χ2v) is 7.14. The van der Waals surface area contributed by atoms with E-state index in [2.05, 4.69) is 15.5 Å². The first-order valence-electron chi connectivity index (χ1n) is 9.53. The third-order valence-corrected chi connectivity index (χ3v) is 5.15. The summed E-state index contributed by atoms with van der Waals surface area (Å²) in [6, 6.07) is 15.3. The van der Waals surface area contributed by atoms with Crippen LogP contribution in [0.4, 0.5) is 5.69 Å². The Morgan fingerprint density at radius 3 is 2.52 bits per heavy atom. The molecule has 8 heteroatoms. The van der Waals surface area contributed by atoms with E-state index in [9.17, 15) is 14.9 Å². The molecule has 1 aliphatic carbocycles. The lowest BCUT2D eigenvalue weighted by Gasteiger charge is -2.26. The fourth-order valence-electron chi connectivity index (χ4n) is 3.24. The number of benzene rings is 2. The van der Waals surface area contributed by atoms with E-state index in [1.165, 1.54) is 12.1 Å². The highest BCUT2D eigenvalue weighted by molar-refractivity contribution is 5.79. The summed E-state index contributed by atoms with van der Waals surface area (Å²) in [4.78, 5) is 27.3. The minimum absolute atomic E-state index is 0.00673. The molecule has 2 aromatic carbocycles. The highest BCUT2D eigenvalue weighted by atomic mass is 16.6. The molecule has 1 atom stereocenters. The molecule has 0 saturated heterocycles. The minimum Gasteiger partial charge on any atom is -0.344 e. The normalized spacial score (nSPS) is 14.8. The maximum Gasteiger partial charge on any atom is 0.269 e. The lowest BCUT2D eigenvalue weighted by Crippen LogP contribution is -2.37. The van der Waals surface area contributed by atoms with Crippen molar-refractivity contribution in [1.82, 2.24) is 15.5 Å². The molecule has 29 heavy (non-hydrogen) atoms. The maximum atomic E-state index is 12.5. The molecule has 0 unspecified atom stereocenters. The van der Waals surface area contributed by atoms with E-state index in [1.54, 1.807) is 12.1 Å². The van der Waals surface area contributed by atoms with Gasteiger partial charge < -0.3 is 9.84 Å². The van der Waals surface area contributed by atoms with Gasteiger partial charge in [-0.05, 0) is 30.5 Å². The Labute approximate surface area is 167 Å². The molecule has 1 N–H and O–H groups in total. The van der Waals surface area contributed by atoms with E-state index >= 15 is 0 Å². The predicted molar refractivity (Wildman–Crippen MR) is 105 cm³/mol. The van der Waals surface area contributed by atoms with Gasteiger partial charge >= 0.3 is 0 Å². The Morgan fingerprint density at radius 1 is 1.17 bits per heavy atom. The first-order chi connectivity index (χ1) is 14.1. The number of aromatic nitrogens is 2. The number of nitro benzene ring substituents is 1. The summed E-state index contributed by atoms with van der Waals surface area (Å²) in [5, 5.41) is 17.9. The molecule has 148 valence electrons. The summed E-state index contributed by atoms with van der Waals surface area (Å²) in [5.41, 5.74) is 1.64. The van der Waals surface area contributed by atoms with Gasteiger partial charge in [0.1, 0.15) is 6.04 Å². The lowest BCUT2D eigenvalue weighted by atomic mass is 9.84. The summed E-state index contributed by atoms with van der Waals surface area (Å²) in [5.74, 6) is 0.693. The first-order valence-corrected chi connectivity index (χ1v) is 9.53. The molecule has 0 aliphatic heterocycles. The van der Waals surface area contributed by atoms with E-state index in [1.807, 2.05) is 30.3 Å². The standard InChI is InChI=1S/C21H20N4O4/c26-20(16-7-4-8-16)22-18(13-14-5-2-1-3-6-14)21-23-19(24-29-21)15-9-11-17(12-10-15)25(27)28/h1-3,5-6,9-12,16,18H,4,7-8,13H2,(H,22,26)/t18-/m1/s1. The molecule has 1 fully saturated rings. The van der Waals surface area contributed by atoms with Gasteiger partial charge in [-0.3, -0.25) is 14.9 Å². The number of non-ortho nitro benzene ring substituents is 1. The molecular formula is C21H20N4O4. The lowest BCUT2D eigenvalue weighted by molar-refractivity contribution is -0.384. The quantitative estimate of drug-likeness (QED) is 0.483. The monoisotopic (exact) mass is 392 g/mol. The number of hydrogen-bond donors (Lipinski definition) is 1. The van der Waals surface area contributed by atoms with Crippen LogP contribution in [0.15, 0.2) is 59.1 Å². The fourth-order valence-corrected chi connectivity index (χ4v) is 3.24. The highest BCUT2D eigenvalue weighted by Crippen LogP contribution is 2.28. The SMILES string of the molecule is O=C(N[C@H](Cc1ccccc1)c1nc(-c2ccc([N+](=O)[O-])cc2)no1)C1CCC1. The Balaban J connectivity index is 1.56. The molecule has 1 aliphatic rings. The largest absolute Gasteiger partial charge is 0.344 e. The second-order valence-electron chi connectivity index (χ2n) is 7.14. The molecule has 0 radical (unpaired) electrons. The van der Waals surface area contributed by atoms with Gasteiger partial charge in [0.25, 0.3) is 5.69 Å². The molecule has 0 spiro atoms. The molecule has 1 aromatic heterocycles. The number of rotatable bonds is 7. The van der Waals surface area contributed by atoms with E-state index in [4.69, 9.17) is 4.52 Å². The van der Waals surface area contributed by atoms with Crippen molar-refractivity contribution in [3.63, 3.8) is 0 Å². The molecule has 8 nitrogen and oxygen atoms in total. The van der Waals surface area contributed by atoms with Crippen LogP contribution in [0.25, 0.3) is 11.4 Å². The van der Waals surface area contributed by atoms with Crippen LogP contribution in [0.1, 0.15) is 36.8 Å². The zero-order chi connectivity index (χ0) is 20.2. The molecular weight excluding hydrogens is 372 g/mol. The second kappa shape index (κ2) is 8.22. The third-order valence-electron chi connectivity index (χ3n) is 5.15. The van der Waals surface area contributed by atoms with Gasteiger partial charge in [0, 0.05) is 30.0 Å². The van der Waals surface area contributed by atoms with Crippen molar-refractivity contribution in [2.75, 3.05) is 0 Å². The minimum atomic E-state index is -0.461. The number of nitro groups is 1. The molecule has 1 amide bonds. The molecule has 0 bridgehead atoms. The summed E-state index contributed by atoms with van der Waals surface area (Å²) in [7, 11) is 0. The van der Waals surface area contributed by atoms with Crippen molar-refractivity contribution in [1.29, 1.82) is 0 Å². The Bertz CT molecular complexity index is 997. The van der Waals surface area contributed by atoms with Gasteiger partial charge in [-0.1, -0.05) is 41.9 Å². The van der Waals surface area contributed by atoms with Crippen LogP contribution in [0.2, 0.25) is 0 Å². The van der Waals surface area contributed by atoms with Gasteiger partial charge in [-0.15, -0.1) is 0 Å². The van der Waals surface area contributed by atoms with Crippen LogP contribution >= 0.6 is 0 Å². The van der Waals surface area contributed by atoms with E-state index in [0.717, 1.165) is 24.8 Å². The summed E-state index contributed by atoms with van der Waals surface area (Å²) >= 11 is 0. The molecule has 3 aromatic rings. The Hall–Kier alpha value is -3.55. The van der Waals surface area contributed by atoms with E-state index < -0.39 is 11.0 Å². The van der Waals surface area contributed by atoms with Crippen LogP contribution < -0.4 is 5.32 Å². The molecule has 1 saturated carbocycles. The van der Waals surface area contributed by atoms with Crippen molar-refractivity contribution in [2.45, 2.75) is 31.7 Å². The maximum absolute atomic E-state index is 12.5. The first kappa shape index (κ1) is 18.8. The number of carbonyl (C=O) groups is 1. The average Bonchev–Trinajstić information content (AvgIpc) is 3.17. The Kier molecular flexibility index (Phi) is 5.33. The average molecular weight is 392 g/mol. The Morgan fingerprint density at radius 2 is 1.90 bits per heavy atom. The summed E-state index contributed by atoms with van der Waals surface area (Å²) in [6.45, 7) is 0. The van der Waals surface area contributed by atoms with Crippen LogP contribution in [-0.4, -0.2) is 21.0 Å². The third kappa shape index (κ3) is 4.31. The van der Waals surface area contributed by atoms with Gasteiger partial charge in [-0.2, -0.15) is 4.98 Å². The van der Waals surface area contributed by atoms with Crippen molar-refractivity contribution in [3.05, 3.63) is 76.2 Å². The predicted octanol–water partition coefficient (Wildman–Crippen LogP) is 3.84. The van der Waals surface area contributed by atoms with Crippen LogP contribution in [-0.2, 0) is 11.2 Å². The zero-order valence-corrected chi connectivity index (χ0v) is 15.7. The van der Waals surface area contributed by atoms with Crippen LogP contribution in [0.5, 0.6) is 0 Å².